The molecule has 0 bridgehead atoms. The molecule has 1 aliphatic rings. The van der Waals surface area contributed by atoms with Crippen LogP contribution in [0, 0.1) is 0 Å². The fraction of sp³-hybridized carbons (Fsp3) is 0.360. The van der Waals surface area contributed by atoms with E-state index < -0.39 is 0 Å². The van der Waals surface area contributed by atoms with Crippen LogP contribution in [0.3, 0.4) is 0 Å². The average Bonchev–Trinajstić information content (AvgIpc) is 2.68. The molecular weight excluding hydrogens is 362 g/mol. The molecule has 1 aliphatic carbocycles. The highest BCUT2D eigenvalue weighted by molar-refractivity contribution is 5.97. The van der Waals surface area contributed by atoms with Gasteiger partial charge in [-0.05, 0) is 84.1 Å². The molecule has 29 heavy (non-hydrogen) atoms. The molecule has 0 N–H and O–H groups in total. The minimum absolute atomic E-state index is 0.0539. The van der Waals surface area contributed by atoms with Crippen LogP contribution >= 0.6 is 0 Å². The van der Waals surface area contributed by atoms with E-state index in [4.69, 9.17) is 0 Å². The number of pyridine rings is 1. The molecule has 2 aromatic rings. The van der Waals surface area contributed by atoms with E-state index in [-0.39, 0.29) is 17.3 Å². The number of carbonyl (C=O) groups excluding carboxylic acids is 3. The SMILES string of the molecule is CC(=O)C1=CCCCC1.CC(=O)C=C(C)C.CC(=O)c1cnc2ccccc2c1. The second-order valence-electron chi connectivity index (χ2n) is 7.34. The first-order valence-corrected chi connectivity index (χ1v) is 9.92. The maximum atomic E-state index is 11.0. The third-order valence-corrected chi connectivity index (χ3v) is 4.23. The van der Waals surface area contributed by atoms with Gasteiger partial charge in [0.15, 0.2) is 17.3 Å². The Morgan fingerprint density at radius 1 is 0.931 bits per heavy atom. The standard InChI is InChI=1S/C11H9NO.C8H12O.C6H10O/c1-8(13)10-6-9-4-2-3-5-11(9)12-7-10;1-7(9)8-5-3-2-4-6-8;1-5(2)4-6(3)7/h2-7H,1H3;5H,2-4,6H2,1H3;4H,1-3H3. The molecule has 154 valence electrons. The van der Waals surface area contributed by atoms with E-state index in [9.17, 15) is 14.4 Å². The van der Waals surface area contributed by atoms with Gasteiger partial charge in [-0.1, -0.05) is 29.8 Å². The Morgan fingerprint density at radius 2 is 1.62 bits per heavy atom. The van der Waals surface area contributed by atoms with Gasteiger partial charge in [0.05, 0.1) is 5.52 Å². The van der Waals surface area contributed by atoms with Crippen molar-refractivity contribution in [1.29, 1.82) is 0 Å². The van der Waals surface area contributed by atoms with Crippen molar-refractivity contribution in [3.8, 4) is 0 Å². The maximum Gasteiger partial charge on any atom is 0.161 e. The number of fused-ring (bicyclic) bond motifs is 1. The number of nitrogens with zero attached hydrogens (tertiary/aromatic N) is 1. The molecular formula is C25H31NO3. The van der Waals surface area contributed by atoms with Crippen LogP contribution < -0.4 is 0 Å². The van der Waals surface area contributed by atoms with Crippen molar-refractivity contribution < 1.29 is 14.4 Å². The number of rotatable bonds is 3. The zero-order valence-electron chi connectivity index (χ0n) is 18.1. The molecule has 0 amide bonds. The number of benzene rings is 1. The monoisotopic (exact) mass is 393 g/mol. The zero-order chi connectivity index (χ0) is 21.8. The first kappa shape index (κ1) is 24.2. The number of aromatic nitrogens is 1. The fourth-order valence-corrected chi connectivity index (χ4v) is 2.83. The molecule has 0 fully saturated rings. The smallest absolute Gasteiger partial charge is 0.161 e. The Balaban J connectivity index is 0.000000232. The lowest BCUT2D eigenvalue weighted by atomic mass is 9.97. The van der Waals surface area contributed by atoms with E-state index in [0.717, 1.165) is 34.9 Å². The van der Waals surface area contributed by atoms with Gasteiger partial charge in [-0.15, -0.1) is 0 Å². The van der Waals surface area contributed by atoms with E-state index in [1.54, 1.807) is 33.0 Å². The highest BCUT2D eigenvalue weighted by Gasteiger charge is 2.06. The van der Waals surface area contributed by atoms with Crippen molar-refractivity contribution in [2.24, 2.45) is 0 Å². The third-order valence-electron chi connectivity index (χ3n) is 4.23. The molecule has 1 aromatic carbocycles. The van der Waals surface area contributed by atoms with Crippen LogP contribution in [0.5, 0.6) is 0 Å². The molecule has 0 aliphatic heterocycles. The molecule has 0 saturated carbocycles. The number of hydrogen-bond acceptors (Lipinski definition) is 4. The minimum atomic E-state index is 0.0539. The molecule has 0 unspecified atom stereocenters. The Labute approximate surface area is 173 Å². The molecule has 0 spiro atoms. The van der Waals surface area contributed by atoms with Crippen molar-refractivity contribution in [1.82, 2.24) is 4.98 Å². The summed E-state index contributed by atoms with van der Waals surface area (Å²) in [7, 11) is 0. The normalized spacial score (nSPS) is 12.4. The van der Waals surface area contributed by atoms with Crippen molar-refractivity contribution >= 4 is 28.3 Å². The summed E-state index contributed by atoms with van der Waals surface area (Å²) >= 11 is 0. The number of allylic oxidation sites excluding steroid dienone is 4. The van der Waals surface area contributed by atoms with E-state index in [1.807, 2.05) is 44.2 Å². The predicted octanol–water partition coefficient (Wildman–Crippen LogP) is 6.05. The number of para-hydroxylation sites is 1. The molecule has 0 saturated heterocycles. The van der Waals surface area contributed by atoms with Gasteiger partial charge in [-0.3, -0.25) is 19.4 Å². The topological polar surface area (TPSA) is 64.1 Å². The second kappa shape index (κ2) is 12.6. The number of ketones is 3. The van der Waals surface area contributed by atoms with Crippen LogP contribution in [0.4, 0.5) is 0 Å². The fourth-order valence-electron chi connectivity index (χ4n) is 2.83. The van der Waals surface area contributed by atoms with Gasteiger partial charge < -0.3 is 0 Å². The van der Waals surface area contributed by atoms with Gasteiger partial charge in [0.2, 0.25) is 0 Å². The second-order valence-corrected chi connectivity index (χ2v) is 7.34. The number of carbonyl (C=O) groups is 3. The quantitative estimate of drug-likeness (QED) is 0.470. The van der Waals surface area contributed by atoms with E-state index >= 15 is 0 Å². The van der Waals surface area contributed by atoms with E-state index in [0.29, 0.717) is 5.56 Å². The lowest BCUT2D eigenvalue weighted by Crippen LogP contribution is -2.00. The van der Waals surface area contributed by atoms with Crippen LogP contribution in [0.15, 0.2) is 59.8 Å². The van der Waals surface area contributed by atoms with E-state index in [1.165, 1.54) is 12.8 Å². The number of hydrogen-bond donors (Lipinski definition) is 0. The molecule has 0 radical (unpaired) electrons. The van der Waals surface area contributed by atoms with Crippen LogP contribution in [-0.4, -0.2) is 22.3 Å². The first-order valence-electron chi connectivity index (χ1n) is 9.92. The molecule has 4 heteroatoms. The Kier molecular flexibility index (Phi) is 10.5. The molecule has 1 heterocycles. The molecule has 3 rings (SSSR count). The Bertz CT molecular complexity index is 919. The van der Waals surface area contributed by atoms with Gasteiger partial charge in [0.25, 0.3) is 0 Å². The van der Waals surface area contributed by atoms with Gasteiger partial charge in [-0.2, -0.15) is 0 Å². The summed E-state index contributed by atoms with van der Waals surface area (Å²) in [4.78, 5) is 36.1. The maximum absolute atomic E-state index is 11.0. The largest absolute Gasteiger partial charge is 0.295 e. The summed E-state index contributed by atoms with van der Waals surface area (Å²) in [6.07, 6.45) is 9.88. The average molecular weight is 394 g/mol. The first-order chi connectivity index (χ1) is 13.7. The summed E-state index contributed by atoms with van der Waals surface area (Å²) in [5.74, 6) is 0.438. The summed E-state index contributed by atoms with van der Waals surface area (Å²) in [6.45, 7) is 8.55. The van der Waals surface area contributed by atoms with Crippen LogP contribution in [0.25, 0.3) is 10.9 Å². The van der Waals surface area contributed by atoms with Gasteiger partial charge in [0.1, 0.15) is 0 Å². The molecule has 4 nitrogen and oxygen atoms in total. The van der Waals surface area contributed by atoms with E-state index in [2.05, 4.69) is 11.1 Å². The zero-order valence-corrected chi connectivity index (χ0v) is 18.1. The lowest BCUT2D eigenvalue weighted by Gasteiger charge is -2.07. The Morgan fingerprint density at radius 3 is 2.07 bits per heavy atom. The van der Waals surface area contributed by atoms with Gasteiger partial charge in [-0.25, -0.2) is 0 Å². The highest BCUT2D eigenvalue weighted by Crippen LogP contribution is 2.17. The van der Waals surface area contributed by atoms with Gasteiger partial charge in [0, 0.05) is 17.1 Å². The summed E-state index contributed by atoms with van der Waals surface area (Å²) in [5, 5.41) is 1.01. The summed E-state index contributed by atoms with van der Waals surface area (Å²) in [5.41, 5.74) is 3.69. The lowest BCUT2D eigenvalue weighted by molar-refractivity contribution is -0.114. The predicted molar refractivity (Wildman–Crippen MR) is 119 cm³/mol. The summed E-state index contributed by atoms with van der Waals surface area (Å²) < 4.78 is 0. The van der Waals surface area contributed by atoms with Crippen LogP contribution in [0.1, 0.15) is 70.7 Å². The van der Waals surface area contributed by atoms with Crippen molar-refractivity contribution in [3.63, 3.8) is 0 Å². The number of Topliss-reactive ketones (excluding diaryl/α,β-unsaturated/α-hetero) is 2. The molecule has 0 atom stereocenters. The van der Waals surface area contributed by atoms with Crippen LogP contribution in [-0.2, 0) is 9.59 Å². The summed E-state index contributed by atoms with van der Waals surface area (Å²) in [6, 6.07) is 9.62. The van der Waals surface area contributed by atoms with Crippen LogP contribution in [0.2, 0.25) is 0 Å². The molecule has 1 aromatic heterocycles. The highest BCUT2D eigenvalue weighted by atomic mass is 16.1. The van der Waals surface area contributed by atoms with Gasteiger partial charge >= 0.3 is 0 Å². The van der Waals surface area contributed by atoms with Crippen molar-refractivity contribution in [3.05, 3.63) is 65.4 Å². The van der Waals surface area contributed by atoms with Crippen molar-refractivity contribution in [2.75, 3.05) is 0 Å². The minimum Gasteiger partial charge on any atom is -0.295 e. The third kappa shape index (κ3) is 9.74. The van der Waals surface area contributed by atoms with Crippen molar-refractivity contribution in [2.45, 2.75) is 60.3 Å². The Hall–Kier alpha value is -2.88.